The van der Waals surface area contributed by atoms with Crippen LogP contribution in [-0.2, 0) is 16.0 Å². The fraction of sp³-hybridized carbons (Fsp3) is 0.682. The Balaban J connectivity index is 0.00000841. The second-order valence-corrected chi connectivity index (χ2v) is 6.56. The normalized spacial score (nSPS) is 11.3. The summed E-state index contributed by atoms with van der Waals surface area (Å²) in [5.41, 5.74) is 1.09. The lowest BCUT2D eigenvalue weighted by atomic mass is 10.2. The van der Waals surface area contributed by atoms with Gasteiger partial charge in [0.25, 0.3) is 0 Å². The highest BCUT2D eigenvalue weighted by Gasteiger charge is 2.05. The molecule has 0 amide bonds. The van der Waals surface area contributed by atoms with Crippen LogP contribution in [0.15, 0.2) is 29.3 Å². The maximum absolute atomic E-state index is 6.03. The van der Waals surface area contributed by atoms with Crippen LogP contribution in [0, 0.1) is 0 Å². The number of likely N-dealkylation sites (N-methyl/N-ethyl adjacent to an activating group) is 1. The van der Waals surface area contributed by atoms with Gasteiger partial charge in [0, 0.05) is 38.9 Å². The fourth-order valence-electron chi connectivity index (χ4n) is 2.73. The Kier molecular flexibility index (Phi) is 19.1. The molecule has 0 bridgehead atoms. The van der Waals surface area contributed by atoms with Crippen molar-refractivity contribution >= 4 is 29.9 Å². The summed E-state index contributed by atoms with van der Waals surface area (Å²) in [4.78, 5) is 7.06. The molecule has 0 aromatic heterocycles. The molecule has 0 radical (unpaired) electrons. The van der Waals surface area contributed by atoms with Gasteiger partial charge in [0.15, 0.2) is 5.96 Å². The standard InChI is InChI=1S/C22H40N4O3.HI/c1-5-23-22(24-13-10-15-28-18-17-27-4)25-19-20-11-8-9-12-21(20)29-16-14-26(6-2)7-3;/h8-9,11-12H,5-7,10,13-19H2,1-4H3,(H2,23,24,25);1H. The number of rotatable bonds is 16. The SMILES string of the molecule is CCNC(=NCc1ccccc1OCCN(CC)CC)NCCCOCCOC.I. The van der Waals surface area contributed by atoms with Crippen molar-refractivity contribution < 1.29 is 14.2 Å². The van der Waals surface area contributed by atoms with E-state index in [4.69, 9.17) is 19.2 Å². The summed E-state index contributed by atoms with van der Waals surface area (Å²) < 4.78 is 16.5. The molecule has 0 aliphatic rings. The molecule has 8 heteroatoms. The van der Waals surface area contributed by atoms with Crippen molar-refractivity contribution in [2.75, 3.05) is 66.3 Å². The van der Waals surface area contributed by atoms with Crippen molar-refractivity contribution in [1.82, 2.24) is 15.5 Å². The van der Waals surface area contributed by atoms with Crippen molar-refractivity contribution in [2.24, 2.45) is 4.99 Å². The lowest BCUT2D eigenvalue weighted by Gasteiger charge is -2.19. The zero-order valence-electron chi connectivity index (χ0n) is 19.1. The molecule has 30 heavy (non-hydrogen) atoms. The number of hydrogen-bond donors (Lipinski definition) is 2. The minimum absolute atomic E-state index is 0. The Bertz CT molecular complexity index is 557. The van der Waals surface area contributed by atoms with E-state index in [9.17, 15) is 0 Å². The number of para-hydroxylation sites is 1. The van der Waals surface area contributed by atoms with E-state index in [2.05, 4.69) is 42.4 Å². The van der Waals surface area contributed by atoms with Gasteiger partial charge in [0.2, 0.25) is 0 Å². The Hall–Kier alpha value is -1.10. The highest BCUT2D eigenvalue weighted by atomic mass is 127. The largest absolute Gasteiger partial charge is 0.492 e. The van der Waals surface area contributed by atoms with Crippen LogP contribution in [0.25, 0.3) is 0 Å². The van der Waals surface area contributed by atoms with Crippen LogP contribution in [0.2, 0.25) is 0 Å². The van der Waals surface area contributed by atoms with Crippen LogP contribution in [-0.4, -0.2) is 77.1 Å². The van der Waals surface area contributed by atoms with Gasteiger partial charge in [-0.2, -0.15) is 0 Å². The monoisotopic (exact) mass is 536 g/mol. The Morgan fingerprint density at radius 1 is 1.00 bits per heavy atom. The number of guanidine groups is 1. The fourth-order valence-corrected chi connectivity index (χ4v) is 2.73. The summed E-state index contributed by atoms with van der Waals surface area (Å²) in [6.07, 6.45) is 0.916. The number of ether oxygens (including phenoxy) is 3. The van der Waals surface area contributed by atoms with Gasteiger partial charge in [-0.1, -0.05) is 32.0 Å². The first-order chi connectivity index (χ1) is 14.2. The van der Waals surface area contributed by atoms with Gasteiger partial charge >= 0.3 is 0 Å². The Labute approximate surface area is 200 Å². The number of methoxy groups -OCH3 is 1. The van der Waals surface area contributed by atoms with Crippen LogP contribution in [0.5, 0.6) is 5.75 Å². The van der Waals surface area contributed by atoms with Gasteiger partial charge < -0.3 is 29.7 Å². The van der Waals surface area contributed by atoms with Crippen molar-refractivity contribution in [3.63, 3.8) is 0 Å². The molecule has 0 fully saturated rings. The molecular weight excluding hydrogens is 495 g/mol. The number of aliphatic imine (C=N–C) groups is 1. The highest BCUT2D eigenvalue weighted by Crippen LogP contribution is 2.18. The second kappa shape index (κ2) is 19.8. The first-order valence-corrected chi connectivity index (χ1v) is 10.8. The van der Waals surface area contributed by atoms with E-state index < -0.39 is 0 Å². The van der Waals surface area contributed by atoms with Crippen molar-refractivity contribution in [1.29, 1.82) is 0 Å². The quantitative estimate of drug-likeness (QED) is 0.147. The third-order valence-corrected chi connectivity index (χ3v) is 4.47. The Morgan fingerprint density at radius 3 is 2.47 bits per heavy atom. The molecule has 0 atom stereocenters. The number of halogens is 1. The van der Waals surface area contributed by atoms with Crippen molar-refractivity contribution in [3.8, 4) is 5.75 Å². The minimum Gasteiger partial charge on any atom is -0.492 e. The zero-order chi connectivity index (χ0) is 21.2. The summed E-state index contributed by atoms with van der Waals surface area (Å²) in [6, 6.07) is 8.13. The molecule has 2 N–H and O–H groups in total. The first kappa shape index (κ1) is 28.9. The lowest BCUT2D eigenvalue weighted by molar-refractivity contribution is 0.0698. The van der Waals surface area contributed by atoms with Crippen LogP contribution in [0.3, 0.4) is 0 Å². The van der Waals surface area contributed by atoms with Crippen LogP contribution in [0.4, 0.5) is 0 Å². The maximum atomic E-state index is 6.03. The molecule has 0 saturated carbocycles. The molecular formula is C22H41IN4O3. The van der Waals surface area contributed by atoms with E-state index in [1.54, 1.807) is 7.11 Å². The second-order valence-electron chi connectivity index (χ2n) is 6.56. The van der Waals surface area contributed by atoms with E-state index in [1.807, 2.05) is 18.2 Å². The average molecular weight is 536 g/mol. The zero-order valence-corrected chi connectivity index (χ0v) is 21.4. The third kappa shape index (κ3) is 13.3. The van der Waals surface area contributed by atoms with Gasteiger partial charge in [-0.25, -0.2) is 4.99 Å². The summed E-state index contributed by atoms with van der Waals surface area (Å²) in [5.74, 6) is 1.72. The minimum atomic E-state index is 0. The molecule has 7 nitrogen and oxygen atoms in total. The van der Waals surface area contributed by atoms with E-state index in [1.165, 1.54) is 0 Å². The van der Waals surface area contributed by atoms with Gasteiger partial charge in [-0.3, -0.25) is 0 Å². The van der Waals surface area contributed by atoms with Gasteiger partial charge in [0.05, 0.1) is 19.8 Å². The predicted octanol–water partition coefficient (Wildman–Crippen LogP) is 3.13. The number of nitrogens with zero attached hydrogens (tertiary/aromatic N) is 2. The first-order valence-electron chi connectivity index (χ1n) is 10.8. The van der Waals surface area contributed by atoms with Gasteiger partial charge in [-0.05, 0) is 32.5 Å². The number of hydrogen-bond acceptors (Lipinski definition) is 5. The van der Waals surface area contributed by atoms with E-state index in [-0.39, 0.29) is 24.0 Å². The molecule has 0 saturated heterocycles. The molecule has 0 spiro atoms. The smallest absolute Gasteiger partial charge is 0.191 e. The molecule has 174 valence electrons. The molecule has 1 rings (SSSR count). The van der Waals surface area contributed by atoms with Gasteiger partial charge in [-0.15, -0.1) is 24.0 Å². The maximum Gasteiger partial charge on any atom is 0.191 e. The molecule has 0 aliphatic carbocycles. The molecule has 0 heterocycles. The molecule has 0 unspecified atom stereocenters. The number of nitrogens with one attached hydrogen (secondary N) is 2. The third-order valence-electron chi connectivity index (χ3n) is 4.47. The average Bonchev–Trinajstić information content (AvgIpc) is 2.75. The Morgan fingerprint density at radius 2 is 1.77 bits per heavy atom. The summed E-state index contributed by atoms with van der Waals surface area (Å²) in [5, 5.41) is 6.64. The summed E-state index contributed by atoms with van der Waals surface area (Å²) in [7, 11) is 1.68. The van der Waals surface area contributed by atoms with E-state index in [0.29, 0.717) is 33.0 Å². The molecule has 1 aromatic rings. The van der Waals surface area contributed by atoms with Crippen molar-refractivity contribution in [3.05, 3.63) is 29.8 Å². The highest BCUT2D eigenvalue weighted by molar-refractivity contribution is 14.0. The van der Waals surface area contributed by atoms with Gasteiger partial charge in [0.1, 0.15) is 12.4 Å². The molecule has 1 aromatic carbocycles. The number of benzene rings is 1. The summed E-state index contributed by atoms with van der Waals surface area (Å²) in [6.45, 7) is 14.3. The molecule has 0 aliphatic heterocycles. The van der Waals surface area contributed by atoms with Crippen molar-refractivity contribution in [2.45, 2.75) is 33.7 Å². The predicted molar refractivity (Wildman–Crippen MR) is 135 cm³/mol. The topological polar surface area (TPSA) is 67.4 Å². The van der Waals surface area contributed by atoms with E-state index >= 15 is 0 Å². The van der Waals surface area contributed by atoms with Crippen LogP contribution >= 0.6 is 24.0 Å². The van der Waals surface area contributed by atoms with Crippen LogP contribution in [0.1, 0.15) is 32.8 Å². The van der Waals surface area contributed by atoms with Crippen LogP contribution < -0.4 is 15.4 Å². The lowest BCUT2D eigenvalue weighted by Crippen LogP contribution is -2.38. The summed E-state index contributed by atoms with van der Waals surface area (Å²) >= 11 is 0. The van der Waals surface area contributed by atoms with E-state index in [0.717, 1.165) is 56.4 Å².